The van der Waals surface area contributed by atoms with Crippen molar-refractivity contribution in [3.63, 3.8) is 0 Å². The molecule has 0 aromatic heterocycles. The first-order chi connectivity index (χ1) is 14.9. The van der Waals surface area contributed by atoms with Gasteiger partial charge in [0.15, 0.2) is 0 Å². The van der Waals surface area contributed by atoms with Crippen molar-refractivity contribution < 1.29 is 4.79 Å². The quantitative estimate of drug-likeness (QED) is 0.380. The van der Waals surface area contributed by atoms with Gasteiger partial charge >= 0.3 is 0 Å². The van der Waals surface area contributed by atoms with Gasteiger partial charge in [0.05, 0.1) is 16.2 Å². The summed E-state index contributed by atoms with van der Waals surface area (Å²) in [4.78, 5) is 15.2. The molecule has 1 N–H and O–H groups in total. The molecule has 2 aromatic carbocycles. The largest absolute Gasteiger partial charge is 0.360 e. The molecule has 6 heteroatoms. The first-order valence-electron chi connectivity index (χ1n) is 10.5. The van der Waals surface area contributed by atoms with Gasteiger partial charge in [-0.3, -0.25) is 4.79 Å². The molecule has 1 aliphatic heterocycles. The first-order valence-corrected chi connectivity index (χ1v) is 11.2. The van der Waals surface area contributed by atoms with Gasteiger partial charge < -0.3 is 10.2 Å². The van der Waals surface area contributed by atoms with Crippen LogP contribution in [0.5, 0.6) is 0 Å². The molecule has 0 aliphatic carbocycles. The number of benzene rings is 2. The molecular weight excluding hydrogens is 441 g/mol. The molecule has 32 heavy (non-hydrogen) atoms. The summed E-state index contributed by atoms with van der Waals surface area (Å²) >= 11 is 12.1. The molecule has 1 amide bonds. The Hall–Kier alpha value is -2.74. The Morgan fingerprint density at radius 2 is 1.88 bits per heavy atom. The van der Waals surface area contributed by atoms with Gasteiger partial charge in [-0.2, -0.15) is 5.26 Å². The number of carbonyl (C=O) groups excluding carboxylic acids is 1. The van der Waals surface area contributed by atoms with E-state index < -0.39 is 5.91 Å². The van der Waals surface area contributed by atoms with Crippen LogP contribution in [-0.2, 0) is 4.79 Å². The predicted octanol–water partition coefficient (Wildman–Crippen LogP) is 7.26. The fourth-order valence-electron chi connectivity index (χ4n) is 4.40. The molecule has 1 heterocycles. The summed E-state index contributed by atoms with van der Waals surface area (Å²) in [6, 6.07) is 11.3. The van der Waals surface area contributed by atoms with E-state index in [2.05, 4.69) is 63.0 Å². The highest BCUT2D eigenvalue weighted by molar-refractivity contribution is 6.36. The molecule has 0 bridgehead atoms. The third-order valence-electron chi connectivity index (χ3n) is 5.62. The number of hydrogen-bond acceptors (Lipinski definition) is 3. The van der Waals surface area contributed by atoms with E-state index in [1.807, 2.05) is 13.0 Å². The van der Waals surface area contributed by atoms with E-state index >= 15 is 0 Å². The molecule has 166 valence electrons. The highest BCUT2D eigenvalue weighted by atomic mass is 35.5. The molecule has 2 aromatic rings. The van der Waals surface area contributed by atoms with E-state index in [1.54, 1.807) is 24.3 Å². The third kappa shape index (κ3) is 4.70. The van der Waals surface area contributed by atoms with Crippen LogP contribution in [0.2, 0.25) is 10.0 Å². The zero-order valence-corrected chi connectivity index (χ0v) is 20.7. The molecule has 3 rings (SSSR count). The Morgan fingerprint density at radius 3 is 2.47 bits per heavy atom. The maximum absolute atomic E-state index is 12.8. The summed E-state index contributed by atoms with van der Waals surface area (Å²) < 4.78 is 0. The Morgan fingerprint density at radius 1 is 1.19 bits per heavy atom. The second-order valence-electron chi connectivity index (χ2n) is 8.92. The number of hydrogen-bond donors (Lipinski definition) is 1. The minimum absolute atomic E-state index is 0.00226. The summed E-state index contributed by atoms with van der Waals surface area (Å²) in [5.74, 6) is -0.522. The van der Waals surface area contributed by atoms with Gasteiger partial charge in [0.2, 0.25) is 0 Å². The van der Waals surface area contributed by atoms with Crippen LogP contribution >= 0.6 is 23.2 Å². The van der Waals surface area contributed by atoms with E-state index in [-0.39, 0.29) is 11.1 Å². The molecule has 0 fully saturated rings. The lowest BCUT2D eigenvalue weighted by molar-refractivity contribution is -0.112. The number of nitriles is 1. The number of rotatable bonds is 4. The first kappa shape index (κ1) is 23.9. The van der Waals surface area contributed by atoms with Crippen molar-refractivity contribution in [1.29, 1.82) is 5.26 Å². The van der Waals surface area contributed by atoms with Crippen molar-refractivity contribution in [2.75, 3.05) is 10.2 Å². The predicted molar refractivity (Wildman–Crippen MR) is 135 cm³/mol. The van der Waals surface area contributed by atoms with Gasteiger partial charge in [0.1, 0.15) is 11.6 Å². The zero-order valence-electron chi connectivity index (χ0n) is 19.2. The smallest absolute Gasteiger partial charge is 0.266 e. The van der Waals surface area contributed by atoms with Crippen LogP contribution in [0.15, 0.2) is 42.0 Å². The molecule has 0 unspecified atom stereocenters. The number of carbonyl (C=O) groups is 1. The number of amides is 1. The maximum atomic E-state index is 12.8. The van der Waals surface area contributed by atoms with Crippen molar-refractivity contribution in [2.45, 2.75) is 53.1 Å². The lowest BCUT2D eigenvalue weighted by Crippen LogP contribution is -2.49. The highest BCUT2D eigenvalue weighted by Crippen LogP contribution is 2.41. The van der Waals surface area contributed by atoms with Crippen molar-refractivity contribution in [1.82, 2.24) is 0 Å². The van der Waals surface area contributed by atoms with E-state index in [4.69, 9.17) is 23.2 Å². The van der Waals surface area contributed by atoms with Crippen LogP contribution in [0, 0.1) is 18.3 Å². The van der Waals surface area contributed by atoms with Crippen molar-refractivity contribution in [3.8, 4) is 6.07 Å². The second-order valence-corrected chi connectivity index (χ2v) is 9.76. The van der Waals surface area contributed by atoms with Gasteiger partial charge in [0, 0.05) is 22.3 Å². The van der Waals surface area contributed by atoms with Crippen molar-refractivity contribution in [3.05, 3.63) is 68.7 Å². The van der Waals surface area contributed by atoms with Gasteiger partial charge in [-0.25, -0.2) is 0 Å². The van der Waals surface area contributed by atoms with Crippen LogP contribution < -0.4 is 10.2 Å². The summed E-state index contributed by atoms with van der Waals surface area (Å²) in [7, 11) is 0. The summed E-state index contributed by atoms with van der Waals surface area (Å²) in [6.07, 6.45) is 3.89. The van der Waals surface area contributed by atoms with E-state index in [0.29, 0.717) is 21.8 Å². The minimum atomic E-state index is -0.522. The Kier molecular flexibility index (Phi) is 6.74. The zero-order chi connectivity index (χ0) is 23.8. The third-order valence-corrected chi connectivity index (χ3v) is 6.17. The van der Waals surface area contributed by atoms with E-state index in [9.17, 15) is 10.1 Å². The number of anilines is 2. The number of nitrogens with zero attached hydrogens (tertiary/aromatic N) is 2. The monoisotopic (exact) mass is 467 g/mol. The van der Waals surface area contributed by atoms with Crippen LogP contribution in [0.4, 0.5) is 11.4 Å². The second kappa shape index (κ2) is 9.02. The molecule has 0 radical (unpaired) electrons. The molecule has 0 saturated heterocycles. The number of halogens is 2. The van der Waals surface area contributed by atoms with E-state index in [0.717, 1.165) is 22.4 Å². The van der Waals surface area contributed by atoms with Crippen LogP contribution in [-0.4, -0.2) is 17.5 Å². The van der Waals surface area contributed by atoms with Gasteiger partial charge in [-0.1, -0.05) is 29.3 Å². The number of aryl methyl sites for hydroxylation is 1. The van der Waals surface area contributed by atoms with Crippen molar-refractivity contribution in [2.24, 2.45) is 0 Å². The lowest BCUT2D eigenvalue weighted by Gasteiger charge is -2.46. The lowest BCUT2D eigenvalue weighted by atomic mass is 9.85. The Bertz CT molecular complexity index is 1190. The SMILES string of the molecule is CC1=CC(C)(C)N(C(C)C)c2cc(C)c(/C=C(/C#N)C(=O)Nc3ccc(Cl)cc3Cl)cc21. The topological polar surface area (TPSA) is 56.1 Å². The molecule has 0 atom stereocenters. The van der Waals surface area contributed by atoms with E-state index in [1.165, 1.54) is 5.57 Å². The molecule has 1 aliphatic rings. The van der Waals surface area contributed by atoms with Crippen LogP contribution in [0.25, 0.3) is 11.6 Å². The number of allylic oxidation sites excluding steroid dienone is 1. The molecule has 0 spiro atoms. The maximum Gasteiger partial charge on any atom is 0.266 e. The van der Waals surface area contributed by atoms with Gasteiger partial charge in [0.25, 0.3) is 5.91 Å². The fraction of sp³-hybridized carbons (Fsp3) is 0.308. The molecule has 4 nitrogen and oxygen atoms in total. The van der Waals surface area contributed by atoms with Crippen molar-refractivity contribution >= 4 is 52.1 Å². The summed E-state index contributed by atoms with van der Waals surface area (Å²) in [6.45, 7) is 12.9. The Balaban J connectivity index is 2.01. The average Bonchev–Trinajstić information content (AvgIpc) is 2.67. The standard InChI is InChI=1S/C26H27Cl2N3O/c1-15(2)31-24-9-16(3)18(11-21(24)17(4)13-26(31,5)6)10-19(14-29)25(32)30-23-8-7-20(27)12-22(23)28/h7-13,15H,1-6H3,(H,30,32)/b19-10-. The van der Waals surface area contributed by atoms with Gasteiger partial charge in [-0.15, -0.1) is 0 Å². The average molecular weight is 468 g/mol. The van der Waals surface area contributed by atoms with Crippen LogP contribution in [0.3, 0.4) is 0 Å². The van der Waals surface area contributed by atoms with Gasteiger partial charge in [-0.05, 0) is 94.7 Å². The highest BCUT2D eigenvalue weighted by Gasteiger charge is 2.33. The molecular formula is C26H27Cl2N3O. The Labute approximate surface area is 200 Å². The summed E-state index contributed by atoms with van der Waals surface area (Å²) in [5, 5.41) is 13.1. The normalized spacial score (nSPS) is 15.2. The fourth-order valence-corrected chi connectivity index (χ4v) is 4.85. The number of fused-ring (bicyclic) bond motifs is 1. The van der Waals surface area contributed by atoms with Crippen LogP contribution in [0.1, 0.15) is 51.3 Å². The summed E-state index contributed by atoms with van der Waals surface area (Å²) in [5.41, 5.74) is 5.55. The molecule has 0 saturated carbocycles. The number of nitrogens with one attached hydrogen (secondary N) is 1. The minimum Gasteiger partial charge on any atom is -0.360 e.